The van der Waals surface area contributed by atoms with Gasteiger partial charge >= 0.3 is 5.97 Å². The minimum atomic E-state index is -0.505. The van der Waals surface area contributed by atoms with Crippen LogP contribution in [-0.2, 0) is 16.1 Å². The second-order valence-electron chi connectivity index (χ2n) is 5.56. The van der Waals surface area contributed by atoms with Crippen molar-refractivity contribution in [1.29, 1.82) is 0 Å². The first kappa shape index (κ1) is 12.3. The van der Waals surface area contributed by atoms with Crippen LogP contribution in [0.2, 0.25) is 0 Å². The number of nitrogens with zero attached hydrogens (tertiary/aromatic N) is 2. The average molecular weight is 282 g/mol. The number of benzene rings is 1. The number of hydrogen-bond donors (Lipinski definition) is 0. The molecule has 2 aliphatic rings. The molecule has 0 amide bonds. The zero-order valence-electron chi connectivity index (χ0n) is 11.3. The standard InChI is InChI=1S/C16H14N2O3/c19-13-6-7-17-15-12-8-11(12)14(18(13)15)16(20)21-9-10-4-2-1-3-5-10/h1-7,11-12,14H,8-9H2. The lowest BCUT2D eigenvalue weighted by Crippen LogP contribution is -2.31. The maximum Gasteiger partial charge on any atom is 0.329 e. The highest BCUT2D eigenvalue weighted by atomic mass is 16.5. The Morgan fingerprint density at radius 1 is 1.29 bits per heavy atom. The van der Waals surface area contributed by atoms with E-state index in [4.69, 9.17) is 4.74 Å². The summed E-state index contributed by atoms with van der Waals surface area (Å²) in [5.74, 6) is 0.818. The monoisotopic (exact) mass is 282 g/mol. The number of ether oxygens (including phenoxy) is 1. The van der Waals surface area contributed by atoms with Gasteiger partial charge in [-0.05, 0) is 12.0 Å². The van der Waals surface area contributed by atoms with E-state index in [-0.39, 0.29) is 30.0 Å². The van der Waals surface area contributed by atoms with Crippen molar-refractivity contribution in [1.82, 2.24) is 9.55 Å². The molecule has 0 bridgehead atoms. The average Bonchev–Trinajstić information content (AvgIpc) is 3.22. The predicted octanol–water partition coefficient (Wildman–Crippen LogP) is 1.64. The lowest BCUT2D eigenvalue weighted by molar-refractivity contribution is -0.149. The minimum absolute atomic E-state index is 0.172. The summed E-state index contributed by atoms with van der Waals surface area (Å²) in [6, 6.07) is 10.4. The molecule has 5 nitrogen and oxygen atoms in total. The first-order chi connectivity index (χ1) is 10.3. The van der Waals surface area contributed by atoms with Gasteiger partial charge in [-0.1, -0.05) is 30.3 Å². The van der Waals surface area contributed by atoms with Crippen LogP contribution in [0.4, 0.5) is 0 Å². The van der Waals surface area contributed by atoms with Crippen LogP contribution < -0.4 is 5.56 Å². The van der Waals surface area contributed by atoms with Gasteiger partial charge in [-0.3, -0.25) is 9.36 Å². The lowest BCUT2D eigenvalue weighted by Gasteiger charge is -2.16. The maximum atomic E-state index is 12.4. The van der Waals surface area contributed by atoms with Gasteiger partial charge in [0.25, 0.3) is 5.56 Å². The van der Waals surface area contributed by atoms with Crippen molar-refractivity contribution in [3.05, 3.63) is 64.3 Å². The number of aromatic nitrogens is 2. The van der Waals surface area contributed by atoms with Crippen LogP contribution in [0.25, 0.3) is 0 Å². The topological polar surface area (TPSA) is 61.2 Å². The van der Waals surface area contributed by atoms with E-state index < -0.39 is 6.04 Å². The molecule has 1 aliphatic carbocycles. The van der Waals surface area contributed by atoms with Crippen LogP contribution >= 0.6 is 0 Å². The van der Waals surface area contributed by atoms with E-state index in [1.807, 2.05) is 30.3 Å². The van der Waals surface area contributed by atoms with Gasteiger partial charge in [0, 0.05) is 24.1 Å². The van der Waals surface area contributed by atoms with Crippen molar-refractivity contribution in [2.75, 3.05) is 0 Å². The summed E-state index contributed by atoms with van der Waals surface area (Å²) in [6.07, 6.45) is 2.43. The maximum absolute atomic E-state index is 12.4. The summed E-state index contributed by atoms with van der Waals surface area (Å²) in [5.41, 5.74) is 0.767. The Balaban J connectivity index is 1.56. The van der Waals surface area contributed by atoms with Gasteiger partial charge in [0.1, 0.15) is 18.5 Å². The van der Waals surface area contributed by atoms with Gasteiger partial charge in [-0.2, -0.15) is 0 Å². The Labute approximate surface area is 121 Å². The molecule has 3 unspecified atom stereocenters. The molecule has 3 atom stereocenters. The van der Waals surface area contributed by atoms with Crippen LogP contribution in [0.3, 0.4) is 0 Å². The molecule has 1 aliphatic heterocycles. The number of rotatable bonds is 3. The fourth-order valence-electron chi connectivity index (χ4n) is 3.13. The third-order valence-corrected chi connectivity index (χ3v) is 4.23. The van der Waals surface area contributed by atoms with Gasteiger partial charge in [-0.15, -0.1) is 0 Å². The zero-order valence-corrected chi connectivity index (χ0v) is 11.3. The Morgan fingerprint density at radius 3 is 2.90 bits per heavy atom. The highest BCUT2D eigenvalue weighted by Crippen LogP contribution is 2.58. The summed E-state index contributed by atoms with van der Waals surface area (Å²) < 4.78 is 6.90. The van der Waals surface area contributed by atoms with E-state index in [2.05, 4.69) is 4.98 Å². The Bertz CT molecular complexity index is 754. The van der Waals surface area contributed by atoms with Gasteiger partial charge in [0.05, 0.1) is 0 Å². The van der Waals surface area contributed by atoms with Crippen molar-refractivity contribution in [3.63, 3.8) is 0 Å². The molecule has 0 saturated heterocycles. The largest absolute Gasteiger partial charge is 0.459 e. The number of esters is 1. The van der Waals surface area contributed by atoms with Gasteiger partial charge in [0.2, 0.25) is 0 Å². The molecule has 0 spiro atoms. The second-order valence-corrected chi connectivity index (χ2v) is 5.56. The molecule has 1 aromatic carbocycles. The number of hydrogen-bond acceptors (Lipinski definition) is 4. The first-order valence-corrected chi connectivity index (χ1v) is 7.04. The van der Waals surface area contributed by atoms with Crippen molar-refractivity contribution in [2.45, 2.75) is 25.0 Å². The van der Waals surface area contributed by atoms with Crippen LogP contribution in [0.1, 0.15) is 29.8 Å². The summed E-state index contributed by atoms with van der Waals surface area (Å²) in [6.45, 7) is 0.234. The SMILES string of the molecule is O=C(OCc1ccccc1)C1C2CC2c2nccc(=O)n21. The van der Waals surface area contributed by atoms with Crippen LogP contribution in [0.15, 0.2) is 47.4 Å². The van der Waals surface area contributed by atoms with Crippen molar-refractivity contribution in [3.8, 4) is 0 Å². The number of fused-ring (bicyclic) bond motifs is 3. The van der Waals surface area contributed by atoms with Crippen molar-refractivity contribution >= 4 is 5.97 Å². The van der Waals surface area contributed by atoms with Gasteiger partial charge in [-0.25, -0.2) is 9.78 Å². The summed E-state index contributed by atoms with van der Waals surface area (Å²) in [7, 11) is 0. The second kappa shape index (κ2) is 4.55. The van der Waals surface area contributed by atoms with E-state index in [1.165, 1.54) is 16.8 Å². The van der Waals surface area contributed by atoms with Crippen molar-refractivity contribution in [2.24, 2.45) is 5.92 Å². The summed E-state index contributed by atoms with van der Waals surface area (Å²) in [5, 5.41) is 0. The molecule has 0 radical (unpaired) electrons. The smallest absolute Gasteiger partial charge is 0.329 e. The number of carbonyl (C=O) groups is 1. The molecule has 4 rings (SSSR count). The third kappa shape index (κ3) is 1.96. The van der Waals surface area contributed by atoms with Crippen LogP contribution in [0, 0.1) is 5.92 Å². The summed E-state index contributed by atoms with van der Waals surface area (Å²) in [4.78, 5) is 28.6. The van der Waals surface area contributed by atoms with E-state index in [0.29, 0.717) is 0 Å². The Hall–Kier alpha value is -2.43. The molecule has 1 aromatic heterocycles. The van der Waals surface area contributed by atoms with E-state index in [1.54, 1.807) is 0 Å². The Kier molecular flexibility index (Phi) is 2.67. The lowest BCUT2D eigenvalue weighted by atomic mass is 10.2. The molecule has 0 N–H and O–H groups in total. The third-order valence-electron chi connectivity index (χ3n) is 4.23. The molecular weight excluding hydrogens is 268 g/mol. The summed E-state index contributed by atoms with van der Waals surface area (Å²) >= 11 is 0. The molecule has 21 heavy (non-hydrogen) atoms. The zero-order chi connectivity index (χ0) is 14.4. The van der Waals surface area contributed by atoms with Gasteiger partial charge in [0.15, 0.2) is 0 Å². The molecule has 5 heteroatoms. The minimum Gasteiger partial charge on any atom is -0.459 e. The van der Waals surface area contributed by atoms with Gasteiger partial charge < -0.3 is 4.74 Å². The van der Waals surface area contributed by atoms with Crippen LogP contribution in [0.5, 0.6) is 0 Å². The molecular formula is C16H14N2O3. The van der Waals surface area contributed by atoms with E-state index in [0.717, 1.165) is 17.8 Å². The first-order valence-electron chi connectivity index (χ1n) is 7.04. The quantitative estimate of drug-likeness (QED) is 0.803. The fourth-order valence-corrected chi connectivity index (χ4v) is 3.13. The molecule has 106 valence electrons. The molecule has 1 saturated carbocycles. The van der Waals surface area contributed by atoms with E-state index >= 15 is 0 Å². The predicted molar refractivity (Wildman–Crippen MR) is 74.6 cm³/mol. The molecule has 1 fully saturated rings. The van der Waals surface area contributed by atoms with E-state index in [9.17, 15) is 9.59 Å². The molecule has 2 aromatic rings. The number of carbonyl (C=O) groups excluding carboxylic acids is 1. The van der Waals surface area contributed by atoms with Crippen LogP contribution in [-0.4, -0.2) is 15.5 Å². The fraction of sp³-hybridized carbons (Fsp3) is 0.312. The normalized spacial score (nSPS) is 25.0. The highest BCUT2D eigenvalue weighted by Gasteiger charge is 2.57. The van der Waals surface area contributed by atoms with Crippen molar-refractivity contribution < 1.29 is 9.53 Å². The molecule has 2 heterocycles. The Morgan fingerprint density at radius 2 is 2.10 bits per heavy atom. The highest BCUT2D eigenvalue weighted by molar-refractivity contribution is 5.76.